The molecule has 2 N–H and O–H groups in total. The number of nitrogens with two attached hydrogens (primary N) is 1. The van der Waals surface area contributed by atoms with Gasteiger partial charge in [0.2, 0.25) is 0 Å². The van der Waals surface area contributed by atoms with Crippen LogP contribution in [0.1, 0.15) is 44.1 Å². The van der Waals surface area contributed by atoms with E-state index < -0.39 is 0 Å². The Labute approximate surface area is 125 Å². The summed E-state index contributed by atoms with van der Waals surface area (Å²) in [5.74, 6) is 1.49. The van der Waals surface area contributed by atoms with Crippen LogP contribution in [0.2, 0.25) is 0 Å². The fourth-order valence-corrected chi connectivity index (χ4v) is 2.04. The number of nitrogens with zero attached hydrogens (tertiary/aromatic N) is 2. The molecule has 5 heteroatoms. The van der Waals surface area contributed by atoms with Gasteiger partial charge >= 0.3 is 0 Å². The van der Waals surface area contributed by atoms with Gasteiger partial charge in [0.25, 0.3) is 0 Å². The van der Waals surface area contributed by atoms with E-state index in [1.165, 1.54) is 0 Å². The second kappa shape index (κ2) is 6.63. The van der Waals surface area contributed by atoms with Crippen molar-refractivity contribution in [1.82, 2.24) is 9.78 Å². The lowest BCUT2D eigenvalue weighted by atomic mass is 10.1. The maximum atomic E-state index is 5.98. The summed E-state index contributed by atoms with van der Waals surface area (Å²) in [6, 6.07) is 7.89. The Morgan fingerprint density at radius 2 is 2.00 bits per heavy atom. The molecule has 1 heterocycles. The first kappa shape index (κ1) is 15.4. The van der Waals surface area contributed by atoms with Crippen molar-refractivity contribution >= 4 is 0 Å². The van der Waals surface area contributed by atoms with Crippen LogP contribution in [0.5, 0.6) is 11.5 Å². The van der Waals surface area contributed by atoms with Crippen molar-refractivity contribution in [3.05, 3.63) is 41.7 Å². The first-order valence-electron chi connectivity index (χ1n) is 7.11. The predicted molar refractivity (Wildman–Crippen MR) is 82.5 cm³/mol. The number of rotatable bonds is 6. The molecule has 1 aromatic carbocycles. The molecule has 0 aliphatic carbocycles. The zero-order valence-corrected chi connectivity index (χ0v) is 13.0. The van der Waals surface area contributed by atoms with Gasteiger partial charge in [-0.1, -0.05) is 6.07 Å². The molecule has 1 aromatic heterocycles. The molecule has 0 spiro atoms. The van der Waals surface area contributed by atoms with E-state index in [1.807, 2.05) is 42.1 Å². The van der Waals surface area contributed by atoms with Crippen LogP contribution in [0.25, 0.3) is 0 Å². The van der Waals surface area contributed by atoms with Gasteiger partial charge < -0.3 is 15.2 Å². The lowest BCUT2D eigenvalue weighted by Crippen LogP contribution is -2.09. The van der Waals surface area contributed by atoms with E-state index in [1.54, 1.807) is 7.11 Å². The monoisotopic (exact) mass is 289 g/mol. The SMILES string of the molecule is COc1ccc([C@@H](C)N)c(OCc2ccn(C(C)C)n2)c1. The molecular weight excluding hydrogens is 266 g/mol. The second-order valence-electron chi connectivity index (χ2n) is 5.36. The fourth-order valence-electron chi connectivity index (χ4n) is 2.04. The Morgan fingerprint density at radius 1 is 1.24 bits per heavy atom. The highest BCUT2D eigenvalue weighted by Crippen LogP contribution is 2.29. The van der Waals surface area contributed by atoms with Gasteiger partial charge in [-0.2, -0.15) is 5.10 Å². The van der Waals surface area contributed by atoms with Gasteiger partial charge in [0.1, 0.15) is 18.1 Å². The number of benzene rings is 1. The summed E-state index contributed by atoms with van der Waals surface area (Å²) in [5.41, 5.74) is 7.83. The Kier molecular flexibility index (Phi) is 4.85. The molecule has 0 bridgehead atoms. The predicted octanol–water partition coefficient (Wildman–Crippen LogP) is 3.07. The van der Waals surface area contributed by atoms with Crippen LogP contribution in [-0.4, -0.2) is 16.9 Å². The van der Waals surface area contributed by atoms with E-state index >= 15 is 0 Å². The standard InChI is InChI=1S/C16H23N3O2/c1-11(2)19-8-7-13(18-19)10-21-16-9-14(20-4)5-6-15(16)12(3)17/h5-9,11-12H,10,17H2,1-4H3/t12-/m1/s1. The number of hydrogen-bond acceptors (Lipinski definition) is 4. The number of methoxy groups -OCH3 is 1. The van der Waals surface area contributed by atoms with Crippen LogP contribution in [0.4, 0.5) is 0 Å². The van der Waals surface area contributed by atoms with E-state index in [2.05, 4.69) is 18.9 Å². The highest BCUT2D eigenvalue weighted by Gasteiger charge is 2.11. The molecule has 114 valence electrons. The molecule has 2 aromatic rings. The van der Waals surface area contributed by atoms with Crippen molar-refractivity contribution in [3.8, 4) is 11.5 Å². The molecule has 21 heavy (non-hydrogen) atoms. The lowest BCUT2D eigenvalue weighted by molar-refractivity contribution is 0.292. The number of hydrogen-bond donors (Lipinski definition) is 1. The Balaban J connectivity index is 2.14. The lowest BCUT2D eigenvalue weighted by Gasteiger charge is -2.14. The number of ether oxygens (including phenoxy) is 2. The van der Waals surface area contributed by atoms with Crippen LogP contribution in [0, 0.1) is 0 Å². The zero-order chi connectivity index (χ0) is 15.4. The summed E-state index contributed by atoms with van der Waals surface area (Å²) in [7, 11) is 1.63. The van der Waals surface area contributed by atoms with Crippen molar-refractivity contribution in [2.24, 2.45) is 5.73 Å². The normalized spacial score (nSPS) is 12.5. The van der Waals surface area contributed by atoms with Crippen LogP contribution in [0.15, 0.2) is 30.5 Å². The van der Waals surface area contributed by atoms with E-state index in [9.17, 15) is 0 Å². The van der Waals surface area contributed by atoms with Gasteiger partial charge in [0.05, 0.1) is 12.8 Å². The second-order valence-corrected chi connectivity index (χ2v) is 5.36. The van der Waals surface area contributed by atoms with Crippen LogP contribution in [-0.2, 0) is 6.61 Å². The van der Waals surface area contributed by atoms with E-state index in [-0.39, 0.29) is 6.04 Å². The van der Waals surface area contributed by atoms with Gasteiger partial charge in [0, 0.05) is 29.9 Å². The van der Waals surface area contributed by atoms with Crippen molar-refractivity contribution in [2.75, 3.05) is 7.11 Å². The zero-order valence-electron chi connectivity index (χ0n) is 13.0. The maximum Gasteiger partial charge on any atom is 0.132 e. The average molecular weight is 289 g/mol. The van der Waals surface area contributed by atoms with Crippen molar-refractivity contribution in [3.63, 3.8) is 0 Å². The first-order valence-corrected chi connectivity index (χ1v) is 7.11. The summed E-state index contributed by atoms with van der Waals surface area (Å²) in [4.78, 5) is 0. The minimum Gasteiger partial charge on any atom is -0.497 e. The molecule has 0 saturated carbocycles. The third kappa shape index (κ3) is 3.76. The van der Waals surface area contributed by atoms with Crippen LogP contribution >= 0.6 is 0 Å². The summed E-state index contributed by atoms with van der Waals surface area (Å²) in [6.45, 7) is 6.52. The molecular formula is C16H23N3O2. The molecule has 0 aliphatic rings. The highest BCUT2D eigenvalue weighted by atomic mass is 16.5. The first-order chi connectivity index (χ1) is 10.0. The van der Waals surface area contributed by atoms with Gasteiger partial charge in [-0.3, -0.25) is 4.68 Å². The minimum absolute atomic E-state index is 0.0980. The maximum absolute atomic E-state index is 5.98. The number of aromatic nitrogens is 2. The van der Waals surface area contributed by atoms with E-state index in [0.29, 0.717) is 12.6 Å². The molecule has 0 saturated heterocycles. The van der Waals surface area contributed by atoms with E-state index in [4.69, 9.17) is 15.2 Å². The molecule has 2 rings (SSSR count). The molecule has 0 radical (unpaired) electrons. The van der Waals surface area contributed by atoms with Crippen molar-refractivity contribution < 1.29 is 9.47 Å². The summed E-state index contributed by atoms with van der Waals surface area (Å²) in [6.07, 6.45) is 1.96. The molecule has 0 aliphatic heterocycles. The van der Waals surface area contributed by atoms with Crippen molar-refractivity contribution in [2.45, 2.75) is 39.5 Å². The topological polar surface area (TPSA) is 62.3 Å². The summed E-state index contributed by atoms with van der Waals surface area (Å²) < 4.78 is 13.0. The van der Waals surface area contributed by atoms with Gasteiger partial charge in [-0.05, 0) is 32.9 Å². The van der Waals surface area contributed by atoms with Crippen LogP contribution in [0.3, 0.4) is 0 Å². The fraction of sp³-hybridized carbons (Fsp3) is 0.438. The third-order valence-corrected chi connectivity index (χ3v) is 3.28. The van der Waals surface area contributed by atoms with E-state index in [0.717, 1.165) is 22.8 Å². The largest absolute Gasteiger partial charge is 0.497 e. The third-order valence-electron chi connectivity index (χ3n) is 3.28. The molecule has 0 fully saturated rings. The molecule has 0 amide bonds. The van der Waals surface area contributed by atoms with Crippen LogP contribution < -0.4 is 15.2 Å². The van der Waals surface area contributed by atoms with Gasteiger partial charge in [-0.25, -0.2) is 0 Å². The Bertz CT molecular complexity index is 591. The Morgan fingerprint density at radius 3 is 2.57 bits per heavy atom. The average Bonchev–Trinajstić information content (AvgIpc) is 2.93. The molecule has 1 atom stereocenters. The smallest absolute Gasteiger partial charge is 0.132 e. The van der Waals surface area contributed by atoms with Gasteiger partial charge in [-0.15, -0.1) is 0 Å². The molecule has 0 unspecified atom stereocenters. The summed E-state index contributed by atoms with van der Waals surface area (Å²) >= 11 is 0. The quantitative estimate of drug-likeness (QED) is 0.887. The van der Waals surface area contributed by atoms with Gasteiger partial charge in [0.15, 0.2) is 0 Å². The Hall–Kier alpha value is -2.01. The van der Waals surface area contributed by atoms with Crippen molar-refractivity contribution in [1.29, 1.82) is 0 Å². The molecule has 5 nitrogen and oxygen atoms in total. The summed E-state index contributed by atoms with van der Waals surface area (Å²) in [5, 5.41) is 4.47. The highest BCUT2D eigenvalue weighted by molar-refractivity contribution is 5.42. The minimum atomic E-state index is -0.0980.